The third-order valence-corrected chi connectivity index (χ3v) is 3.26. The quantitative estimate of drug-likeness (QED) is 0.294. The molecular weight excluding hydrogens is 290 g/mol. The van der Waals surface area contributed by atoms with Crippen molar-refractivity contribution in [3.05, 3.63) is 51.5 Å². The van der Waals surface area contributed by atoms with Gasteiger partial charge >= 0.3 is 5.97 Å². The Kier molecular flexibility index (Phi) is 4.42. The highest BCUT2D eigenvalue weighted by Crippen LogP contribution is 2.29. The van der Waals surface area contributed by atoms with Gasteiger partial charge in [-0.25, -0.2) is 4.79 Å². The number of benzene rings is 1. The van der Waals surface area contributed by atoms with Crippen LogP contribution in [0.4, 0.5) is 5.69 Å². The predicted octanol–water partition coefficient (Wildman–Crippen LogP) is 2.59. The number of nitrogens with one attached hydrogen (secondary N) is 2. The molecule has 0 aromatic heterocycles. The van der Waals surface area contributed by atoms with Crippen molar-refractivity contribution in [2.24, 2.45) is 5.11 Å². The van der Waals surface area contributed by atoms with Gasteiger partial charge < -0.3 is 15.4 Å². The molecule has 1 atom stereocenters. The first-order valence-electron chi connectivity index (χ1n) is 6.08. The van der Waals surface area contributed by atoms with Crippen molar-refractivity contribution in [1.82, 2.24) is 10.6 Å². The highest BCUT2D eigenvalue weighted by atomic mass is 32.1. The summed E-state index contributed by atoms with van der Waals surface area (Å²) < 4.78 is 4.82. The van der Waals surface area contributed by atoms with Crippen molar-refractivity contribution in [1.29, 1.82) is 0 Å². The number of azide groups is 1. The largest absolute Gasteiger partial charge is 0.466 e. The maximum atomic E-state index is 12.0. The van der Waals surface area contributed by atoms with Crippen LogP contribution in [0.5, 0.6) is 0 Å². The molecule has 0 spiro atoms. The summed E-state index contributed by atoms with van der Waals surface area (Å²) in [6, 6.07) is 6.48. The topological polar surface area (TPSA) is 99.1 Å². The number of carbonyl (C=O) groups excluding carboxylic acids is 1. The van der Waals surface area contributed by atoms with Gasteiger partial charge in [-0.2, -0.15) is 0 Å². The van der Waals surface area contributed by atoms with E-state index in [1.165, 1.54) is 7.11 Å². The molecular formula is C13H13N5O2S. The van der Waals surface area contributed by atoms with Crippen molar-refractivity contribution in [2.75, 3.05) is 7.11 Å². The van der Waals surface area contributed by atoms with Crippen molar-refractivity contribution in [2.45, 2.75) is 13.0 Å². The van der Waals surface area contributed by atoms with Crippen LogP contribution in [-0.2, 0) is 9.53 Å². The Morgan fingerprint density at radius 3 is 2.95 bits per heavy atom. The molecule has 8 heteroatoms. The van der Waals surface area contributed by atoms with Crippen LogP contribution in [0.1, 0.15) is 18.5 Å². The van der Waals surface area contributed by atoms with Crippen LogP contribution in [0.25, 0.3) is 10.4 Å². The minimum Gasteiger partial charge on any atom is -0.466 e. The molecule has 108 valence electrons. The summed E-state index contributed by atoms with van der Waals surface area (Å²) in [4.78, 5) is 14.7. The van der Waals surface area contributed by atoms with Gasteiger partial charge in [-0.15, -0.1) is 0 Å². The Morgan fingerprint density at radius 1 is 1.52 bits per heavy atom. The lowest BCUT2D eigenvalue weighted by atomic mass is 9.95. The first-order chi connectivity index (χ1) is 10.1. The second-order valence-corrected chi connectivity index (χ2v) is 4.75. The minimum absolute atomic E-state index is 0.416. The Bertz CT molecular complexity index is 679. The molecule has 0 saturated heterocycles. The van der Waals surface area contributed by atoms with Gasteiger partial charge in [0.1, 0.15) is 0 Å². The van der Waals surface area contributed by atoms with Crippen molar-refractivity contribution >= 4 is 29.0 Å². The van der Waals surface area contributed by atoms with Crippen LogP contribution in [-0.4, -0.2) is 18.2 Å². The molecule has 0 aliphatic carbocycles. The van der Waals surface area contributed by atoms with Gasteiger partial charge in [0.05, 0.1) is 18.7 Å². The highest BCUT2D eigenvalue weighted by Gasteiger charge is 2.30. The number of hydrogen-bond acceptors (Lipinski definition) is 4. The fraction of sp³-hybridized carbons (Fsp3) is 0.231. The lowest BCUT2D eigenvalue weighted by molar-refractivity contribution is -0.136. The predicted molar refractivity (Wildman–Crippen MR) is 81.6 cm³/mol. The van der Waals surface area contributed by atoms with Crippen LogP contribution >= 0.6 is 12.2 Å². The zero-order chi connectivity index (χ0) is 15.4. The number of rotatable bonds is 3. The summed E-state index contributed by atoms with van der Waals surface area (Å²) in [5.41, 5.74) is 10.8. The third kappa shape index (κ3) is 3.13. The lowest BCUT2D eigenvalue weighted by Crippen LogP contribution is -2.45. The smallest absolute Gasteiger partial charge is 0.337 e. The first-order valence-corrected chi connectivity index (χ1v) is 6.49. The number of allylic oxidation sites excluding steroid dienone is 1. The molecule has 21 heavy (non-hydrogen) atoms. The number of hydrogen-bond donors (Lipinski definition) is 2. The van der Waals surface area contributed by atoms with E-state index in [2.05, 4.69) is 20.7 Å². The van der Waals surface area contributed by atoms with E-state index in [9.17, 15) is 4.79 Å². The Labute approximate surface area is 126 Å². The van der Waals surface area contributed by atoms with E-state index in [0.717, 1.165) is 5.56 Å². The van der Waals surface area contributed by atoms with Gasteiger partial charge in [-0.1, -0.05) is 23.3 Å². The number of nitrogens with zero attached hydrogens (tertiary/aromatic N) is 3. The van der Waals surface area contributed by atoms with E-state index < -0.39 is 12.0 Å². The average Bonchev–Trinajstić information content (AvgIpc) is 2.46. The Balaban J connectivity index is 2.51. The molecule has 2 N–H and O–H groups in total. The number of carbonyl (C=O) groups is 1. The Hall–Kier alpha value is -2.57. The monoisotopic (exact) mass is 303 g/mol. The Morgan fingerprint density at radius 2 is 2.29 bits per heavy atom. The maximum Gasteiger partial charge on any atom is 0.337 e. The molecule has 0 fully saturated rings. The van der Waals surface area contributed by atoms with Gasteiger partial charge in [0.2, 0.25) is 0 Å². The lowest BCUT2D eigenvalue weighted by Gasteiger charge is -2.29. The molecule has 1 aromatic carbocycles. The van der Waals surface area contributed by atoms with Crippen molar-refractivity contribution in [3.63, 3.8) is 0 Å². The molecule has 0 radical (unpaired) electrons. The highest BCUT2D eigenvalue weighted by molar-refractivity contribution is 7.80. The van der Waals surface area contributed by atoms with E-state index in [4.69, 9.17) is 22.5 Å². The van der Waals surface area contributed by atoms with E-state index in [1.807, 2.05) is 6.07 Å². The van der Waals surface area contributed by atoms with Gasteiger partial charge in [0.25, 0.3) is 0 Å². The van der Waals surface area contributed by atoms with E-state index in [1.54, 1.807) is 25.1 Å². The van der Waals surface area contributed by atoms with Crippen LogP contribution < -0.4 is 10.6 Å². The van der Waals surface area contributed by atoms with Gasteiger partial charge in [0, 0.05) is 16.3 Å². The number of ether oxygens (including phenoxy) is 1. The summed E-state index contributed by atoms with van der Waals surface area (Å²) in [6.45, 7) is 1.75. The summed E-state index contributed by atoms with van der Waals surface area (Å²) in [6.07, 6.45) is 0. The molecule has 7 nitrogen and oxygen atoms in total. The summed E-state index contributed by atoms with van der Waals surface area (Å²) in [7, 11) is 1.32. The normalized spacial score (nSPS) is 17.4. The zero-order valence-electron chi connectivity index (χ0n) is 11.5. The second kappa shape index (κ2) is 6.25. The summed E-state index contributed by atoms with van der Waals surface area (Å²) in [5, 5.41) is 9.90. The number of thiocarbonyl (C=S) groups is 1. The number of methoxy groups -OCH3 is 1. The SMILES string of the molecule is COC(=O)C1=C(C)NC(=S)NC1c1cccc(N=[N+]=[N-])c1. The summed E-state index contributed by atoms with van der Waals surface area (Å²) >= 11 is 5.13. The first kappa shape index (κ1) is 14.8. The van der Waals surface area contributed by atoms with Crippen LogP contribution in [0.3, 0.4) is 0 Å². The molecule has 1 unspecified atom stereocenters. The van der Waals surface area contributed by atoms with Crippen molar-refractivity contribution in [3.8, 4) is 0 Å². The summed E-state index contributed by atoms with van der Waals surface area (Å²) in [5.74, 6) is -0.450. The molecule has 0 saturated carbocycles. The molecule has 1 aliphatic heterocycles. The maximum absolute atomic E-state index is 12.0. The molecule has 1 aromatic rings. The van der Waals surface area contributed by atoms with E-state index in [0.29, 0.717) is 22.1 Å². The third-order valence-electron chi connectivity index (χ3n) is 3.04. The second-order valence-electron chi connectivity index (χ2n) is 4.35. The molecule has 0 bridgehead atoms. The van der Waals surface area contributed by atoms with Crippen LogP contribution in [0.15, 0.2) is 40.6 Å². The van der Waals surface area contributed by atoms with E-state index >= 15 is 0 Å². The zero-order valence-corrected chi connectivity index (χ0v) is 12.3. The standard InChI is InChI=1S/C13H13N5O2S/c1-7-10(12(19)20-2)11(16-13(21)15-7)8-4-3-5-9(6-8)17-18-14/h3-6,11H,1-2H3,(H2,15,16,21). The van der Waals surface area contributed by atoms with E-state index in [-0.39, 0.29) is 0 Å². The fourth-order valence-corrected chi connectivity index (χ4v) is 2.41. The molecule has 1 heterocycles. The van der Waals surface area contributed by atoms with Crippen molar-refractivity contribution < 1.29 is 9.53 Å². The number of esters is 1. The van der Waals surface area contributed by atoms with Gasteiger partial charge in [-0.3, -0.25) is 0 Å². The van der Waals surface area contributed by atoms with Crippen LogP contribution in [0, 0.1) is 0 Å². The van der Waals surface area contributed by atoms with Gasteiger partial charge in [0.15, 0.2) is 5.11 Å². The minimum atomic E-state index is -0.458. The fourth-order valence-electron chi connectivity index (χ4n) is 2.14. The van der Waals surface area contributed by atoms with Gasteiger partial charge in [-0.05, 0) is 36.3 Å². The molecule has 1 aliphatic rings. The molecule has 0 amide bonds. The van der Waals surface area contributed by atoms with Crippen LogP contribution in [0.2, 0.25) is 0 Å². The average molecular weight is 303 g/mol. The molecule has 2 rings (SSSR count).